The van der Waals surface area contributed by atoms with E-state index in [0.717, 1.165) is 26.2 Å². The molecule has 0 aromatic rings. The highest BCUT2D eigenvalue weighted by molar-refractivity contribution is 5.85. The predicted molar refractivity (Wildman–Crippen MR) is 70.2 cm³/mol. The minimum atomic E-state index is -0.886. The number of nitrogens with one attached hydrogen (secondary N) is 1. The Kier molecular flexibility index (Phi) is 4.55. The molecular formula is C13H21N3O3. The van der Waals surface area contributed by atoms with Crippen molar-refractivity contribution in [3.05, 3.63) is 12.2 Å². The Morgan fingerprint density at radius 2 is 1.68 bits per heavy atom. The third-order valence-electron chi connectivity index (χ3n) is 3.86. The van der Waals surface area contributed by atoms with Crippen LogP contribution in [0.2, 0.25) is 0 Å². The number of piperazine rings is 1. The summed E-state index contributed by atoms with van der Waals surface area (Å²) < 4.78 is 0. The van der Waals surface area contributed by atoms with Crippen LogP contribution >= 0.6 is 0 Å². The van der Waals surface area contributed by atoms with Crippen LogP contribution in [0.3, 0.4) is 0 Å². The van der Waals surface area contributed by atoms with Crippen LogP contribution in [0.15, 0.2) is 12.2 Å². The van der Waals surface area contributed by atoms with E-state index in [2.05, 4.69) is 10.3 Å². The zero-order valence-electron chi connectivity index (χ0n) is 11.2. The van der Waals surface area contributed by atoms with Crippen molar-refractivity contribution in [2.75, 3.05) is 33.2 Å². The Morgan fingerprint density at radius 3 is 2.26 bits per heavy atom. The molecule has 1 aliphatic carbocycles. The number of hydrogen-bond donors (Lipinski definition) is 2. The first kappa shape index (κ1) is 14.0. The van der Waals surface area contributed by atoms with Crippen LogP contribution < -0.4 is 5.43 Å². The number of amides is 1. The van der Waals surface area contributed by atoms with Gasteiger partial charge in [-0.25, -0.2) is 5.01 Å². The molecule has 0 saturated carbocycles. The Labute approximate surface area is 113 Å². The van der Waals surface area contributed by atoms with Crippen LogP contribution in [0.25, 0.3) is 0 Å². The van der Waals surface area contributed by atoms with Crippen LogP contribution in [-0.4, -0.2) is 60.1 Å². The first-order valence-electron chi connectivity index (χ1n) is 6.69. The zero-order valence-corrected chi connectivity index (χ0v) is 11.2. The molecule has 1 aliphatic heterocycles. The van der Waals surface area contributed by atoms with Gasteiger partial charge in [-0.2, -0.15) is 0 Å². The van der Waals surface area contributed by atoms with Crippen molar-refractivity contribution in [3.8, 4) is 0 Å². The molecule has 2 aliphatic rings. The Morgan fingerprint density at radius 1 is 1.11 bits per heavy atom. The summed E-state index contributed by atoms with van der Waals surface area (Å²) in [6, 6.07) is 0. The highest BCUT2D eigenvalue weighted by Crippen LogP contribution is 2.26. The average Bonchev–Trinajstić information content (AvgIpc) is 2.41. The number of carboxylic acids is 1. The van der Waals surface area contributed by atoms with E-state index in [1.807, 2.05) is 24.2 Å². The second-order valence-electron chi connectivity index (χ2n) is 5.26. The molecule has 6 nitrogen and oxygen atoms in total. The summed E-state index contributed by atoms with van der Waals surface area (Å²) in [6.45, 7) is 3.38. The van der Waals surface area contributed by atoms with E-state index in [-0.39, 0.29) is 5.91 Å². The van der Waals surface area contributed by atoms with Crippen LogP contribution in [0.1, 0.15) is 12.8 Å². The number of nitrogens with zero attached hydrogens (tertiary/aromatic N) is 2. The molecular weight excluding hydrogens is 246 g/mol. The predicted octanol–water partition coefficient (Wildman–Crippen LogP) is -0.0680. The quantitative estimate of drug-likeness (QED) is 0.700. The topological polar surface area (TPSA) is 72.9 Å². The molecule has 2 N–H and O–H groups in total. The van der Waals surface area contributed by atoms with Gasteiger partial charge in [-0.05, 0) is 19.9 Å². The third-order valence-corrected chi connectivity index (χ3v) is 3.86. The molecule has 1 fully saturated rings. The van der Waals surface area contributed by atoms with Crippen molar-refractivity contribution in [2.24, 2.45) is 11.8 Å². The summed E-state index contributed by atoms with van der Waals surface area (Å²) in [5.41, 5.74) is 2.86. The molecule has 19 heavy (non-hydrogen) atoms. The molecule has 106 valence electrons. The van der Waals surface area contributed by atoms with Gasteiger partial charge in [-0.3, -0.25) is 15.0 Å². The Hall–Kier alpha value is -1.40. The fraction of sp³-hybridized carbons (Fsp3) is 0.692. The van der Waals surface area contributed by atoms with Gasteiger partial charge in [0.15, 0.2) is 0 Å². The lowest BCUT2D eigenvalue weighted by atomic mass is 9.82. The monoisotopic (exact) mass is 267 g/mol. The van der Waals surface area contributed by atoms with E-state index >= 15 is 0 Å². The molecule has 1 amide bonds. The molecule has 0 radical (unpaired) electrons. The number of hydrazine groups is 1. The van der Waals surface area contributed by atoms with E-state index < -0.39 is 17.8 Å². The summed E-state index contributed by atoms with van der Waals surface area (Å²) in [7, 11) is 2.05. The average molecular weight is 267 g/mol. The summed E-state index contributed by atoms with van der Waals surface area (Å²) >= 11 is 0. The van der Waals surface area contributed by atoms with Crippen LogP contribution in [-0.2, 0) is 9.59 Å². The molecule has 2 atom stereocenters. The second-order valence-corrected chi connectivity index (χ2v) is 5.26. The minimum absolute atomic E-state index is 0.165. The van der Waals surface area contributed by atoms with Crippen LogP contribution in [0.4, 0.5) is 0 Å². The number of carbonyl (C=O) groups excluding carboxylic acids is 1. The number of hydrogen-bond acceptors (Lipinski definition) is 4. The van der Waals surface area contributed by atoms with Gasteiger partial charge in [0.25, 0.3) is 0 Å². The first-order valence-corrected chi connectivity index (χ1v) is 6.69. The van der Waals surface area contributed by atoms with Gasteiger partial charge in [0.2, 0.25) is 5.91 Å². The SMILES string of the molecule is CN1CCN(NC(=O)[C@@H]2CC=CC[C@@H]2C(=O)O)CC1. The van der Waals surface area contributed by atoms with Crippen LogP contribution in [0.5, 0.6) is 0 Å². The normalized spacial score (nSPS) is 29.1. The molecule has 6 heteroatoms. The standard InChI is InChI=1S/C13H21N3O3/c1-15-6-8-16(9-7-15)14-12(17)10-4-2-3-5-11(10)13(18)19/h2-3,10-11H,4-9H2,1H3,(H,14,17)(H,18,19)/t10-,11+/m1/s1. The summed E-state index contributed by atoms with van der Waals surface area (Å²) in [5.74, 6) is -2.11. The van der Waals surface area contributed by atoms with Crippen molar-refractivity contribution in [3.63, 3.8) is 0 Å². The molecule has 0 spiro atoms. The molecule has 1 saturated heterocycles. The maximum absolute atomic E-state index is 12.2. The van der Waals surface area contributed by atoms with Gasteiger partial charge in [-0.1, -0.05) is 12.2 Å². The van der Waals surface area contributed by atoms with Gasteiger partial charge < -0.3 is 10.0 Å². The maximum atomic E-state index is 12.2. The van der Waals surface area contributed by atoms with Crippen LogP contribution in [0, 0.1) is 11.8 Å². The lowest BCUT2D eigenvalue weighted by Crippen LogP contribution is -2.54. The zero-order chi connectivity index (χ0) is 13.8. The number of carboxylic acid groups (broad SMARTS) is 1. The van der Waals surface area contributed by atoms with E-state index in [1.165, 1.54) is 0 Å². The minimum Gasteiger partial charge on any atom is -0.481 e. The van der Waals surface area contributed by atoms with E-state index in [0.29, 0.717) is 12.8 Å². The molecule has 0 aromatic carbocycles. The second kappa shape index (κ2) is 6.16. The molecule has 2 rings (SSSR count). The number of aliphatic carboxylic acids is 1. The number of rotatable bonds is 3. The molecule has 0 aromatic heterocycles. The highest BCUT2D eigenvalue weighted by Gasteiger charge is 2.34. The first-order chi connectivity index (χ1) is 9.08. The van der Waals surface area contributed by atoms with Gasteiger partial charge in [0.1, 0.15) is 0 Å². The van der Waals surface area contributed by atoms with Crippen molar-refractivity contribution in [2.45, 2.75) is 12.8 Å². The highest BCUT2D eigenvalue weighted by atomic mass is 16.4. The largest absolute Gasteiger partial charge is 0.481 e. The summed E-state index contributed by atoms with van der Waals surface area (Å²) in [6.07, 6.45) is 4.69. The van der Waals surface area contributed by atoms with E-state index in [1.54, 1.807) is 0 Å². The van der Waals surface area contributed by atoms with Gasteiger partial charge in [0, 0.05) is 26.2 Å². The van der Waals surface area contributed by atoms with Gasteiger partial charge in [0.05, 0.1) is 11.8 Å². The maximum Gasteiger partial charge on any atom is 0.307 e. The smallest absolute Gasteiger partial charge is 0.307 e. The fourth-order valence-electron chi connectivity index (χ4n) is 2.53. The summed E-state index contributed by atoms with van der Waals surface area (Å²) in [4.78, 5) is 25.6. The molecule has 0 bridgehead atoms. The lowest BCUT2D eigenvalue weighted by Gasteiger charge is -2.34. The van der Waals surface area contributed by atoms with Gasteiger partial charge in [-0.15, -0.1) is 0 Å². The third kappa shape index (κ3) is 3.54. The molecule has 0 unspecified atom stereocenters. The Balaban J connectivity index is 1.91. The van der Waals surface area contributed by atoms with Gasteiger partial charge >= 0.3 is 5.97 Å². The number of likely N-dealkylation sites (N-methyl/N-ethyl adjacent to an activating group) is 1. The van der Waals surface area contributed by atoms with Crippen molar-refractivity contribution in [1.82, 2.24) is 15.3 Å². The van der Waals surface area contributed by atoms with Crippen molar-refractivity contribution in [1.29, 1.82) is 0 Å². The van der Waals surface area contributed by atoms with E-state index in [9.17, 15) is 9.59 Å². The Bertz CT molecular complexity index is 375. The fourth-order valence-corrected chi connectivity index (χ4v) is 2.53. The van der Waals surface area contributed by atoms with Crippen molar-refractivity contribution < 1.29 is 14.7 Å². The van der Waals surface area contributed by atoms with E-state index in [4.69, 9.17) is 5.11 Å². The molecule has 1 heterocycles. The number of carbonyl (C=O) groups is 2. The van der Waals surface area contributed by atoms with Crippen molar-refractivity contribution >= 4 is 11.9 Å². The number of allylic oxidation sites excluding steroid dienone is 2. The summed E-state index contributed by atoms with van der Waals surface area (Å²) in [5, 5.41) is 11.1. The lowest BCUT2D eigenvalue weighted by molar-refractivity contribution is -0.148.